The standard InChI is InChI=1S/C20H19Cl2N3O3/c1-12(13-7-8-17(27-2)18(9-13)28-3)24-11-14(10-23)20(26)25-16-6-4-5-15(21)19(16)22/h4-9,11-12,24H,1-3H3,(H,25,26)/b14-11-. The predicted octanol–water partition coefficient (Wildman–Crippen LogP) is 4.71. The van der Waals surface area contributed by atoms with Crippen molar-refractivity contribution in [2.45, 2.75) is 13.0 Å². The van der Waals surface area contributed by atoms with E-state index in [-0.39, 0.29) is 16.6 Å². The second-order valence-corrected chi connectivity index (χ2v) is 6.51. The molecule has 0 saturated heterocycles. The number of hydrogen-bond acceptors (Lipinski definition) is 5. The molecule has 2 aromatic carbocycles. The molecule has 0 radical (unpaired) electrons. The van der Waals surface area contributed by atoms with Crippen molar-refractivity contribution in [2.75, 3.05) is 19.5 Å². The minimum Gasteiger partial charge on any atom is -0.493 e. The molecule has 28 heavy (non-hydrogen) atoms. The molecule has 0 heterocycles. The van der Waals surface area contributed by atoms with Crippen LogP contribution < -0.4 is 20.1 Å². The number of amides is 1. The van der Waals surface area contributed by atoms with Crippen molar-refractivity contribution in [1.29, 1.82) is 5.26 Å². The molecule has 2 N–H and O–H groups in total. The number of nitrogens with one attached hydrogen (secondary N) is 2. The third-order valence-corrected chi connectivity index (χ3v) is 4.77. The van der Waals surface area contributed by atoms with Gasteiger partial charge in [0.25, 0.3) is 5.91 Å². The topological polar surface area (TPSA) is 83.4 Å². The van der Waals surface area contributed by atoms with E-state index in [1.165, 1.54) is 6.20 Å². The van der Waals surface area contributed by atoms with Crippen molar-refractivity contribution < 1.29 is 14.3 Å². The normalized spacial score (nSPS) is 11.9. The van der Waals surface area contributed by atoms with Crippen LogP contribution in [0.4, 0.5) is 5.69 Å². The van der Waals surface area contributed by atoms with Gasteiger partial charge in [-0.3, -0.25) is 4.79 Å². The largest absolute Gasteiger partial charge is 0.493 e. The molecule has 0 aliphatic carbocycles. The zero-order valence-corrected chi connectivity index (χ0v) is 17.1. The Morgan fingerprint density at radius 2 is 1.89 bits per heavy atom. The number of benzene rings is 2. The zero-order valence-electron chi connectivity index (χ0n) is 15.5. The average molecular weight is 420 g/mol. The number of nitrogens with zero attached hydrogens (tertiary/aromatic N) is 1. The Morgan fingerprint density at radius 3 is 2.54 bits per heavy atom. The lowest BCUT2D eigenvalue weighted by molar-refractivity contribution is -0.112. The van der Waals surface area contributed by atoms with Gasteiger partial charge in [0, 0.05) is 12.2 Å². The van der Waals surface area contributed by atoms with E-state index in [0.29, 0.717) is 22.2 Å². The van der Waals surface area contributed by atoms with Crippen LogP contribution in [0.5, 0.6) is 11.5 Å². The fourth-order valence-corrected chi connectivity index (χ4v) is 2.71. The molecule has 0 fully saturated rings. The third kappa shape index (κ3) is 5.10. The van der Waals surface area contributed by atoms with Crippen molar-refractivity contribution in [3.8, 4) is 17.6 Å². The Bertz CT molecular complexity index is 939. The fourth-order valence-electron chi connectivity index (χ4n) is 2.37. The Balaban J connectivity index is 2.13. The van der Waals surface area contributed by atoms with Crippen molar-refractivity contribution in [3.05, 3.63) is 63.8 Å². The molecular formula is C20H19Cl2N3O3. The second-order valence-electron chi connectivity index (χ2n) is 5.73. The zero-order chi connectivity index (χ0) is 20.7. The minimum absolute atomic E-state index is 0.108. The van der Waals surface area contributed by atoms with E-state index >= 15 is 0 Å². The number of ether oxygens (including phenoxy) is 2. The fraction of sp³-hybridized carbons (Fsp3) is 0.200. The molecule has 1 unspecified atom stereocenters. The molecule has 1 amide bonds. The maximum atomic E-state index is 12.4. The summed E-state index contributed by atoms with van der Waals surface area (Å²) in [6.45, 7) is 1.89. The van der Waals surface area contributed by atoms with E-state index in [2.05, 4.69) is 10.6 Å². The van der Waals surface area contributed by atoms with Gasteiger partial charge in [-0.1, -0.05) is 35.3 Å². The number of carbonyl (C=O) groups is 1. The van der Waals surface area contributed by atoms with Gasteiger partial charge in [0.2, 0.25) is 0 Å². The van der Waals surface area contributed by atoms with Gasteiger partial charge < -0.3 is 20.1 Å². The van der Waals surface area contributed by atoms with Crippen LogP contribution in [0.1, 0.15) is 18.5 Å². The van der Waals surface area contributed by atoms with Gasteiger partial charge in [-0.15, -0.1) is 0 Å². The van der Waals surface area contributed by atoms with Gasteiger partial charge in [0.1, 0.15) is 11.6 Å². The Morgan fingerprint density at radius 1 is 1.18 bits per heavy atom. The number of methoxy groups -OCH3 is 2. The van der Waals surface area contributed by atoms with Crippen LogP contribution in [0.2, 0.25) is 10.0 Å². The van der Waals surface area contributed by atoms with Gasteiger partial charge >= 0.3 is 0 Å². The molecule has 0 bridgehead atoms. The molecule has 6 nitrogen and oxygen atoms in total. The first kappa shape index (κ1) is 21.4. The lowest BCUT2D eigenvalue weighted by atomic mass is 10.1. The van der Waals surface area contributed by atoms with Crippen LogP contribution in [0.25, 0.3) is 0 Å². The Hall–Kier alpha value is -2.88. The summed E-state index contributed by atoms with van der Waals surface area (Å²) >= 11 is 12.0. The van der Waals surface area contributed by atoms with Crippen molar-refractivity contribution >= 4 is 34.8 Å². The first-order valence-electron chi connectivity index (χ1n) is 8.24. The summed E-state index contributed by atoms with van der Waals surface area (Å²) in [4.78, 5) is 12.4. The molecular weight excluding hydrogens is 401 g/mol. The summed E-state index contributed by atoms with van der Waals surface area (Å²) in [7, 11) is 3.12. The second kappa shape index (κ2) is 9.88. The van der Waals surface area contributed by atoms with Crippen LogP contribution in [-0.4, -0.2) is 20.1 Å². The Kier molecular flexibility index (Phi) is 7.56. The quantitative estimate of drug-likeness (QED) is 0.501. The number of halogens is 2. The van der Waals surface area contributed by atoms with Crippen LogP contribution in [0, 0.1) is 11.3 Å². The van der Waals surface area contributed by atoms with E-state index in [0.717, 1.165) is 5.56 Å². The van der Waals surface area contributed by atoms with E-state index in [9.17, 15) is 10.1 Å². The summed E-state index contributed by atoms with van der Waals surface area (Å²) in [5.41, 5.74) is 1.11. The molecule has 1 atom stereocenters. The van der Waals surface area contributed by atoms with E-state index in [1.807, 2.05) is 25.1 Å². The monoisotopic (exact) mass is 419 g/mol. The third-order valence-electron chi connectivity index (χ3n) is 3.95. The summed E-state index contributed by atoms with van der Waals surface area (Å²) in [5, 5.41) is 15.4. The van der Waals surface area contributed by atoms with Gasteiger partial charge in [-0.05, 0) is 36.8 Å². The van der Waals surface area contributed by atoms with Crippen molar-refractivity contribution in [2.24, 2.45) is 0 Å². The number of carbonyl (C=O) groups excluding carboxylic acids is 1. The number of anilines is 1. The van der Waals surface area contributed by atoms with Gasteiger partial charge in [-0.25, -0.2) is 0 Å². The van der Waals surface area contributed by atoms with Crippen LogP contribution >= 0.6 is 23.2 Å². The smallest absolute Gasteiger partial charge is 0.267 e. The first-order chi connectivity index (χ1) is 13.4. The molecule has 2 rings (SSSR count). The van der Waals surface area contributed by atoms with Crippen LogP contribution in [0.3, 0.4) is 0 Å². The highest BCUT2D eigenvalue weighted by Gasteiger charge is 2.14. The summed E-state index contributed by atoms with van der Waals surface area (Å²) in [6.07, 6.45) is 1.36. The van der Waals surface area contributed by atoms with E-state index in [4.69, 9.17) is 32.7 Å². The first-order valence-corrected chi connectivity index (χ1v) is 9.00. The molecule has 0 aliphatic heterocycles. The number of nitriles is 1. The van der Waals surface area contributed by atoms with Crippen molar-refractivity contribution in [3.63, 3.8) is 0 Å². The van der Waals surface area contributed by atoms with Gasteiger partial charge in [0.15, 0.2) is 11.5 Å². The maximum absolute atomic E-state index is 12.4. The van der Waals surface area contributed by atoms with Crippen LogP contribution in [-0.2, 0) is 4.79 Å². The number of rotatable bonds is 7. The summed E-state index contributed by atoms with van der Waals surface area (Å²) in [6, 6.07) is 12.0. The Labute approximate surface area is 173 Å². The maximum Gasteiger partial charge on any atom is 0.267 e. The van der Waals surface area contributed by atoms with Gasteiger partial charge in [-0.2, -0.15) is 5.26 Å². The highest BCUT2D eigenvalue weighted by Crippen LogP contribution is 2.31. The molecule has 0 aliphatic rings. The molecule has 0 spiro atoms. The highest BCUT2D eigenvalue weighted by atomic mass is 35.5. The lowest BCUT2D eigenvalue weighted by Crippen LogP contribution is -2.18. The average Bonchev–Trinajstić information content (AvgIpc) is 2.71. The molecule has 2 aromatic rings. The molecule has 0 aromatic heterocycles. The van der Waals surface area contributed by atoms with E-state index < -0.39 is 5.91 Å². The number of hydrogen-bond donors (Lipinski definition) is 2. The van der Waals surface area contributed by atoms with Gasteiger partial charge in [0.05, 0.1) is 30.0 Å². The van der Waals surface area contributed by atoms with Crippen molar-refractivity contribution in [1.82, 2.24) is 5.32 Å². The molecule has 8 heteroatoms. The molecule has 0 saturated carbocycles. The van der Waals surface area contributed by atoms with Crippen LogP contribution in [0.15, 0.2) is 48.2 Å². The SMILES string of the molecule is COc1ccc(C(C)N/C=C(/C#N)C(=O)Nc2cccc(Cl)c2Cl)cc1OC. The van der Waals surface area contributed by atoms with E-state index in [1.54, 1.807) is 38.5 Å². The minimum atomic E-state index is -0.598. The predicted molar refractivity (Wildman–Crippen MR) is 110 cm³/mol. The lowest BCUT2D eigenvalue weighted by Gasteiger charge is -2.15. The highest BCUT2D eigenvalue weighted by molar-refractivity contribution is 6.44. The summed E-state index contributed by atoms with van der Waals surface area (Å²) < 4.78 is 10.5. The summed E-state index contributed by atoms with van der Waals surface area (Å²) in [5.74, 6) is 0.606. The molecule has 146 valence electrons.